The first-order valence-corrected chi connectivity index (χ1v) is 7.23. The van der Waals surface area contributed by atoms with Crippen LogP contribution in [0.1, 0.15) is 35.8 Å². The van der Waals surface area contributed by atoms with Crippen molar-refractivity contribution in [3.8, 4) is 11.5 Å². The highest BCUT2D eigenvalue weighted by molar-refractivity contribution is 5.58. The highest BCUT2D eigenvalue weighted by atomic mass is 16.4. The lowest BCUT2D eigenvalue weighted by molar-refractivity contribution is 0.237. The zero-order valence-corrected chi connectivity index (χ0v) is 12.4. The van der Waals surface area contributed by atoms with Crippen LogP contribution < -0.4 is 0 Å². The molecule has 1 aliphatic heterocycles. The van der Waals surface area contributed by atoms with Crippen LogP contribution >= 0.6 is 0 Å². The second-order valence-electron chi connectivity index (χ2n) is 5.84. The van der Waals surface area contributed by atoms with Gasteiger partial charge in [-0.2, -0.15) is 0 Å². The molecule has 3 rings (SSSR count). The number of hydrogen-bond donors (Lipinski definition) is 0. The Morgan fingerprint density at radius 1 is 1.15 bits per heavy atom. The molecule has 0 spiro atoms. The lowest BCUT2D eigenvalue weighted by Gasteiger charge is -2.26. The van der Waals surface area contributed by atoms with Crippen LogP contribution in [0.15, 0.2) is 22.6 Å². The largest absolute Gasteiger partial charge is 0.420 e. The smallest absolute Gasteiger partial charge is 0.248 e. The third-order valence-electron chi connectivity index (χ3n) is 4.12. The molecule has 2 heterocycles. The van der Waals surface area contributed by atoms with Crippen LogP contribution in [0.3, 0.4) is 0 Å². The fourth-order valence-corrected chi connectivity index (χ4v) is 2.82. The van der Waals surface area contributed by atoms with E-state index in [1.165, 1.54) is 11.1 Å². The molecule has 4 heteroatoms. The van der Waals surface area contributed by atoms with Crippen molar-refractivity contribution >= 4 is 0 Å². The lowest BCUT2D eigenvalue weighted by atomic mass is 9.97. The standard InChI is InChI=1S/C16H21N3O/c1-11-4-5-14(12(2)10-11)16-18-17-15(20-16)13-6-8-19(3)9-7-13/h4-5,10,13H,6-9H2,1-3H3. The minimum absolute atomic E-state index is 0.415. The highest BCUT2D eigenvalue weighted by Gasteiger charge is 2.23. The van der Waals surface area contributed by atoms with Gasteiger partial charge in [-0.15, -0.1) is 10.2 Å². The maximum Gasteiger partial charge on any atom is 0.248 e. The van der Waals surface area contributed by atoms with Crippen molar-refractivity contribution in [3.63, 3.8) is 0 Å². The molecule has 4 nitrogen and oxygen atoms in total. The van der Waals surface area contributed by atoms with E-state index in [0.29, 0.717) is 11.8 Å². The summed E-state index contributed by atoms with van der Waals surface area (Å²) in [6.07, 6.45) is 2.20. The molecule has 106 valence electrons. The van der Waals surface area contributed by atoms with Gasteiger partial charge >= 0.3 is 0 Å². The molecule has 1 aromatic heterocycles. The van der Waals surface area contributed by atoms with Gasteiger partial charge < -0.3 is 9.32 Å². The predicted octanol–water partition coefficient (Wildman–Crippen LogP) is 3.16. The van der Waals surface area contributed by atoms with E-state index in [1.54, 1.807) is 0 Å². The molecule has 0 unspecified atom stereocenters. The molecule has 1 aliphatic rings. The Balaban J connectivity index is 1.83. The third-order valence-corrected chi connectivity index (χ3v) is 4.12. The van der Waals surface area contributed by atoms with Crippen molar-refractivity contribution in [3.05, 3.63) is 35.2 Å². The minimum atomic E-state index is 0.415. The average Bonchev–Trinajstić information content (AvgIpc) is 2.89. The molecule has 0 bridgehead atoms. The maximum absolute atomic E-state index is 5.92. The molecule has 0 N–H and O–H groups in total. The third kappa shape index (κ3) is 2.61. The second kappa shape index (κ2) is 5.37. The van der Waals surface area contributed by atoms with E-state index in [-0.39, 0.29) is 0 Å². The number of benzene rings is 1. The van der Waals surface area contributed by atoms with Gasteiger partial charge in [0.05, 0.1) is 0 Å². The number of piperidine rings is 1. The topological polar surface area (TPSA) is 42.2 Å². The quantitative estimate of drug-likeness (QED) is 0.841. The van der Waals surface area contributed by atoms with Crippen molar-refractivity contribution in [1.82, 2.24) is 15.1 Å². The predicted molar refractivity (Wildman–Crippen MR) is 78.7 cm³/mol. The van der Waals surface area contributed by atoms with Crippen LogP contribution in [-0.4, -0.2) is 35.2 Å². The average molecular weight is 271 g/mol. The first kappa shape index (κ1) is 13.3. The van der Waals surface area contributed by atoms with Gasteiger partial charge in [-0.1, -0.05) is 17.7 Å². The van der Waals surface area contributed by atoms with Crippen LogP contribution in [0, 0.1) is 13.8 Å². The molecule has 1 fully saturated rings. The van der Waals surface area contributed by atoms with Crippen molar-refractivity contribution < 1.29 is 4.42 Å². The van der Waals surface area contributed by atoms with E-state index in [0.717, 1.165) is 37.4 Å². The van der Waals surface area contributed by atoms with Gasteiger partial charge in [-0.3, -0.25) is 0 Å². The Morgan fingerprint density at radius 2 is 1.90 bits per heavy atom. The van der Waals surface area contributed by atoms with Crippen molar-refractivity contribution in [2.24, 2.45) is 0 Å². The Kier molecular flexibility index (Phi) is 3.57. The first-order valence-electron chi connectivity index (χ1n) is 7.23. The van der Waals surface area contributed by atoms with Crippen LogP contribution in [0.25, 0.3) is 11.5 Å². The molecule has 1 saturated heterocycles. The highest BCUT2D eigenvalue weighted by Crippen LogP contribution is 2.30. The normalized spacial score (nSPS) is 17.6. The summed E-state index contributed by atoms with van der Waals surface area (Å²) in [6.45, 7) is 6.38. The Morgan fingerprint density at radius 3 is 2.60 bits per heavy atom. The zero-order valence-electron chi connectivity index (χ0n) is 12.4. The van der Waals surface area contributed by atoms with Gasteiger partial charge in [-0.05, 0) is 58.5 Å². The van der Waals surface area contributed by atoms with Gasteiger partial charge in [0.25, 0.3) is 0 Å². The number of hydrogen-bond acceptors (Lipinski definition) is 4. The Hall–Kier alpha value is -1.68. The second-order valence-corrected chi connectivity index (χ2v) is 5.84. The van der Waals surface area contributed by atoms with Crippen LogP contribution in [0.2, 0.25) is 0 Å². The molecular weight excluding hydrogens is 250 g/mol. The number of aryl methyl sites for hydroxylation is 2. The van der Waals surface area contributed by atoms with E-state index in [4.69, 9.17) is 4.42 Å². The summed E-state index contributed by atoms with van der Waals surface area (Å²) in [5, 5.41) is 8.51. The van der Waals surface area contributed by atoms with Crippen molar-refractivity contribution in [2.45, 2.75) is 32.6 Å². The number of nitrogens with zero attached hydrogens (tertiary/aromatic N) is 3. The van der Waals surface area contributed by atoms with E-state index in [1.807, 2.05) is 0 Å². The summed E-state index contributed by atoms with van der Waals surface area (Å²) in [7, 11) is 2.16. The monoisotopic (exact) mass is 271 g/mol. The maximum atomic E-state index is 5.92. The molecule has 0 saturated carbocycles. The van der Waals surface area contributed by atoms with Crippen LogP contribution in [0.4, 0.5) is 0 Å². The van der Waals surface area contributed by atoms with Gasteiger partial charge in [0, 0.05) is 11.5 Å². The van der Waals surface area contributed by atoms with E-state index in [9.17, 15) is 0 Å². The number of rotatable bonds is 2. The number of likely N-dealkylation sites (tertiary alicyclic amines) is 1. The minimum Gasteiger partial charge on any atom is -0.420 e. The van der Waals surface area contributed by atoms with E-state index in [2.05, 4.69) is 54.2 Å². The molecule has 0 radical (unpaired) electrons. The SMILES string of the molecule is Cc1ccc(-c2nnc(C3CCN(C)CC3)o2)c(C)c1. The zero-order chi connectivity index (χ0) is 14.1. The van der Waals surface area contributed by atoms with Gasteiger partial charge in [-0.25, -0.2) is 0 Å². The van der Waals surface area contributed by atoms with Crippen molar-refractivity contribution in [1.29, 1.82) is 0 Å². The van der Waals surface area contributed by atoms with Crippen molar-refractivity contribution in [2.75, 3.05) is 20.1 Å². The Labute approximate surface area is 119 Å². The summed E-state index contributed by atoms with van der Waals surface area (Å²) in [6, 6.07) is 6.30. The molecule has 0 amide bonds. The van der Waals surface area contributed by atoms with E-state index >= 15 is 0 Å². The number of aromatic nitrogens is 2. The molecule has 20 heavy (non-hydrogen) atoms. The van der Waals surface area contributed by atoms with Crippen LogP contribution in [0.5, 0.6) is 0 Å². The summed E-state index contributed by atoms with van der Waals surface area (Å²) >= 11 is 0. The summed E-state index contributed by atoms with van der Waals surface area (Å²) in [5.41, 5.74) is 3.48. The van der Waals surface area contributed by atoms with Gasteiger partial charge in [0.1, 0.15) is 0 Å². The lowest BCUT2D eigenvalue weighted by Crippen LogP contribution is -2.29. The summed E-state index contributed by atoms with van der Waals surface area (Å²) < 4.78 is 5.92. The molecule has 2 aromatic rings. The van der Waals surface area contributed by atoms with E-state index < -0.39 is 0 Å². The van der Waals surface area contributed by atoms with Gasteiger partial charge in [0.2, 0.25) is 11.8 Å². The Bertz CT molecular complexity index is 598. The molecule has 0 atom stereocenters. The summed E-state index contributed by atoms with van der Waals surface area (Å²) in [5.74, 6) is 1.86. The molecule has 0 aliphatic carbocycles. The fraction of sp³-hybridized carbons (Fsp3) is 0.500. The molecule has 1 aromatic carbocycles. The first-order chi connectivity index (χ1) is 9.63. The van der Waals surface area contributed by atoms with Crippen LogP contribution in [-0.2, 0) is 0 Å². The fourth-order valence-electron chi connectivity index (χ4n) is 2.82. The van der Waals surface area contributed by atoms with Gasteiger partial charge in [0.15, 0.2) is 0 Å². The molecular formula is C16H21N3O. The summed E-state index contributed by atoms with van der Waals surface area (Å²) in [4.78, 5) is 2.35.